The molecule has 0 aromatic carbocycles. The van der Waals surface area contributed by atoms with Gasteiger partial charge in [-0.3, -0.25) is 9.78 Å². The van der Waals surface area contributed by atoms with Crippen LogP contribution in [0.5, 0.6) is 0 Å². The molecule has 1 atom stereocenters. The maximum absolute atomic E-state index is 12.7. The van der Waals surface area contributed by atoms with Gasteiger partial charge in [0.2, 0.25) is 0 Å². The lowest BCUT2D eigenvalue weighted by molar-refractivity contribution is -0.188. The molecular formula is C21H26N2O4. The van der Waals surface area contributed by atoms with Crippen LogP contribution in [0, 0.1) is 20.8 Å². The third-order valence-corrected chi connectivity index (χ3v) is 5.38. The minimum Gasteiger partial charge on any atom is -0.466 e. The number of furan rings is 1. The molecule has 6 heteroatoms. The van der Waals surface area contributed by atoms with Gasteiger partial charge < -0.3 is 18.8 Å². The summed E-state index contributed by atoms with van der Waals surface area (Å²) in [6, 6.07) is 7.78. The molecule has 4 rings (SSSR count). The van der Waals surface area contributed by atoms with Gasteiger partial charge in [0.1, 0.15) is 17.1 Å². The molecular weight excluding hydrogens is 344 g/mol. The number of likely N-dealkylation sites (tertiary alicyclic amines) is 1. The number of hydrogen-bond acceptors (Lipinski definition) is 5. The maximum Gasteiger partial charge on any atom is 0.257 e. The molecule has 0 saturated carbocycles. The first kappa shape index (κ1) is 18.2. The van der Waals surface area contributed by atoms with Crippen LogP contribution >= 0.6 is 0 Å². The summed E-state index contributed by atoms with van der Waals surface area (Å²) in [6.45, 7) is 8.06. The third kappa shape index (κ3) is 3.77. The number of nitrogens with zero attached hydrogens (tertiary/aromatic N) is 2. The molecule has 0 N–H and O–H groups in total. The molecule has 1 amide bonds. The van der Waals surface area contributed by atoms with Crippen LogP contribution in [0.3, 0.4) is 0 Å². The van der Waals surface area contributed by atoms with Crippen molar-refractivity contribution in [2.45, 2.75) is 51.9 Å². The Balaban J connectivity index is 1.32. The van der Waals surface area contributed by atoms with Crippen LogP contribution in [0.1, 0.15) is 46.1 Å². The number of pyridine rings is 1. The Bertz CT molecular complexity index is 838. The number of rotatable bonds is 4. The average Bonchev–Trinajstić information content (AvgIpc) is 2.96. The predicted molar refractivity (Wildman–Crippen MR) is 99.6 cm³/mol. The molecule has 4 heterocycles. The van der Waals surface area contributed by atoms with Crippen LogP contribution in [0.25, 0.3) is 0 Å². The van der Waals surface area contributed by atoms with Gasteiger partial charge >= 0.3 is 0 Å². The molecule has 2 aromatic heterocycles. The molecule has 144 valence electrons. The summed E-state index contributed by atoms with van der Waals surface area (Å²) in [6.07, 6.45) is 1.82. The fourth-order valence-electron chi connectivity index (χ4n) is 4.04. The summed E-state index contributed by atoms with van der Waals surface area (Å²) >= 11 is 0. The molecule has 0 bridgehead atoms. The number of aromatic nitrogens is 1. The highest BCUT2D eigenvalue weighted by molar-refractivity contribution is 5.96. The SMILES string of the molecule is Cc1cccc(CO[C@H]2CCOC3(C2)CN(C(=O)c2cc(C)oc2C)C3)n1. The van der Waals surface area contributed by atoms with E-state index >= 15 is 0 Å². The van der Waals surface area contributed by atoms with E-state index in [1.54, 1.807) is 0 Å². The Morgan fingerprint density at radius 1 is 1.33 bits per heavy atom. The zero-order valence-corrected chi connectivity index (χ0v) is 16.2. The van der Waals surface area contributed by atoms with Crippen molar-refractivity contribution in [2.24, 2.45) is 0 Å². The monoisotopic (exact) mass is 370 g/mol. The topological polar surface area (TPSA) is 64.8 Å². The fraction of sp³-hybridized carbons (Fsp3) is 0.524. The number of amides is 1. The molecule has 2 aliphatic heterocycles. The highest BCUT2D eigenvalue weighted by Crippen LogP contribution is 2.36. The standard InChI is InChI=1S/C21H26N2O4/c1-14-5-4-6-17(22-14)11-25-18-7-8-26-21(10-18)12-23(13-21)20(24)19-9-15(2)27-16(19)3/h4-6,9,18H,7-8,10-13H2,1-3H3/t18-/m0/s1. The van der Waals surface area contributed by atoms with Crippen LogP contribution < -0.4 is 0 Å². The Hall–Kier alpha value is -2.18. The summed E-state index contributed by atoms with van der Waals surface area (Å²) in [5.74, 6) is 1.46. The second kappa shape index (κ2) is 7.09. The predicted octanol–water partition coefficient (Wildman–Crippen LogP) is 3.19. The largest absolute Gasteiger partial charge is 0.466 e. The second-order valence-electron chi connectivity index (χ2n) is 7.72. The van der Waals surface area contributed by atoms with E-state index in [1.165, 1.54) is 0 Å². The molecule has 2 fully saturated rings. The summed E-state index contributed by atoms with van der Waals surface area (Å²) in [5, 5.41) is 0. The molecule has 1 spiro atoms. The second-order valence-corrected chi connectivity index (χ2v) is 7.72. The smallest absolute Gasteiger partial charge is 0.257 e. The van der Waals surface area contributed by atoms with Crippen LogP contribution in [0.15, 0.2) is 28.7 Å². The van der Waals surface area contributed by atoms with Crippen molar-refractivity contribution in [3.63, 3.8) is 0 Å². The van der Waals surface area contributed by atoms with Gasteiger partial charge in [-0.2, -0.15) is 0 Å². The lowest BCUT2D eigenvalue weighted by Gasteiger charge is -2.52. The van der Waals surface area contributed by atoms with Gasteiger partial charge in [0.05, 0.1) is 37.1 Å². The number of aryl methyl sites for hydroxylation is 3. The summed E-state index contributed by atoms with van der Waals surface area (Å²) in [7, 11) is 0. The van der Waals surface area contributed by atoms with Gasteiger partial charge in [-0.1, -0.05) is 6.07 Å². The van der Waals surface area contributed by atoms with Crippen LogP contribution in [-0.4, -0.2) is 47.2 Å². The normalized spacial score (nSPS) is 21.3. The first-order chi connectivity index (χ1) is 12.9. The van der Waals surface area contributed by atoms with Crippen molar-refractivity contribution < 1.29 is 18.7 Å². The zero-order chi connectivity index (χ0) is 19.0. The molecule has 0 radical (unpaired) electrons. The van der Waals surface area contributed by atoms with Crippen molar-refractivity contribution in [2.75, 3.05) is 19.7 Å². The van der Waals surface area contributed by atoms with E-state index in [1.807, 2.05) is 49.9 Å². The molecule has 2 saturated heterocycles. The first-order valence-electron chi connectivity index (χ1n) is 9.48. The first-order valence-corrected chi connectivity index (χ1v) is 9.48. The van der Waals surface area contributed by atoms with Gasteiger partial charge in [0.15, 0.2) is 0 Å². The van der Waals surface area contributed by atoms with Crippen molar-refractivity contribution in [3.8, 4) is 0 Å². The highest BCUT2D eigenvalue weighted by Gasteiger charge is 2.50. The molecule has 6 nitrogen and oxygen atoms in total. The number of hydrogen-bond donors (Lipinski definition) is 0. The molecule has 2 aromatic rings. The van der Waals surface area contributed by atoms with Gasteiger partial charge in [0.25, 0.3) is 5.91 Å². The van der Waals surface area contributed by atoms with Crippen LogP contribution in [-0.2, 0) is 16.1 Å². The van der Waals surface area contributed by atoms with E-state index in [-0.39, 0.29) is 17.6 Å². The van der Waals surface area contributed by atoms with Gasteiger partial charge in [-0.05, 0) is 45.4 Å². The van der Waals surface area contributed by atoms with Crippen molar-refractivity contribution >= 4 is 5.91 Å². The Labute approximate surface area is 159 Å². The minimum absolute atomic E-state index is 0.0191. The highest BCUT2D eigenvalue weighted by atomic mass is 16.5. The van der Waals surface area contributed by atoms with Crippen molar-refractivity contribution in [1.29, 1.82) is 0 Å². The summed E-state index contributed by atoms with van der Waals surface area (Å²) < 4.78 is 17.6. The van der Waals surface area contributed by atoms with Gasteiger partial charge in [-0.25, -0.2) is 0 Å². The van der Waals surface area contributed by atoms with E-state index in [2.05, 4.69) is 4.98 Å². The quantitative estimate of drug-likeness (QED) is 0.827. The van der Waals surface area contributed by atoms with E-state index in [9.17, 15) is 4.79 Å². The maximum atomic E-state index is 12.7. The molecule has 27 heavy (non-hydrogen) atoms. The van der Waals surface area contributed by atoms with Gasteiger partial charge in [-0.15, -0.1) is 0 Å². The van der Waals surface area contributed by atoms with Gasteiger partial charge in [0, 0.05) is 18.7 Å². The Morgan fingerprint density at radius 3 is 2.85 bits per heavy atom. The van der Waals surface area contributed by atoms with Crippen LogP contribution in [0.4, 0.5) is 0 Å². The van der Waals surface area contributed by atoms with E-state index in [0.717, 1.165) is 30.0 Å². The minimum atomic E-state index is -0.273. The third-order valence-electron chi connectivity index (χ3n) is 5.38. The molecule has 2 aliphatic rings. The van der Waals surface area contributed by atoms with Crippen LogP contribution in [0.2, 0.25) is 0 Å². The lowest BCUT2D eigenvalue weighted by atomic mass is 9.84. The average molecular weight is 370 g/mol. The van der Waals surface area contributed by atoms with E-state index < -0.39 is 0 Å². The van der Waals surface area contributed by atoms with E-state index in [4.69, 9.17) is 13.9 Å². The number of carbonyl (C=O) groups is 1. The summed E-state index contributed by atoms with van der Waals surface area (Å²) in [5.41, 5.74) is 2.33. The fourth-order valence-corrected chi connectivity index (χ4v) is 4.04. The molecule has 0 unspecified atom stereocenters. The van der Waals surface area contributed by atoms with Crippen molar-refractivity contribution in [3.05, 3.63) is 52.7 Å². The number of ether oxygens (including phenoxy) is 2. The number of carbonyl (C=O) groups excluding carboxylic acids is 1. The van der Waals surface area contributed by atoms with Crippen molar-refractivity contribution in [1.82, 2.24) is 9.88 Å². The van der Waals surface area contributed by atoms with E-state index in [0.29, 0.717) is 37.6 Å². The Kier molecular flexibility index (Phi) is 4.78. The Morgan fingerprint density at radius 2 is 2.15 bits per heavy atom. The summed E-state index contributed by atoms with van der Waals surface area (Å²) in [4.78, 5) is 19.0. The zero-order valence-electron chi connectivity index (χ0n) is 16.2. The lowest BCUT2D eigenvalue weighted by Crippen LogP contribution is -2.67. The molecule has 0 aliphatic carbocycles.